The molecule has 1 fully saturated rings. The number of aliphatic hydroxyl groups is 3. The second-order valence-electron chi connectivity index (χ2n) is 11.3. The summed E-state index contributed by atoms with van der Waals surface area (Å²) in [7, 11) is 1.43. The zero-order valence-electron chi connectivity index (χ0n) is 24.9. The predicted octanol–water partition coefficient (Wildman–Crippen LogP) is 4.45. The summed E-state index contributed by atoms with van der Waals surface area (Å²) >= 11 is 2.01. The van der Waals surface area contributed by atoms with Gasteiger partial charge in [-0.1, -0.05) is 19.3 Å². The fourth-order valence-corrected chi connectivity index (χ4v) is 6.67. The van der Waals surface area contributed by atoms with E-state index in [9.17, 15) is 38.1 Å². The number of alkyl halides is 3. The Balaban J connectivity index is 1.74. The van der Waals surface area contributed by atoms with Gasteiger partial charge in [-0.15, -0.1) is 0 Å². The summed E-state index contributed by atoms with van der Waals surface area (Å²) in [5, 5.41) is 33.3. The van der Waals surface area contributed by atoms with Gasteiger partial charge < -0.3 is 35.0 Å². The van der Waals surface area contributed by atoms with E-state index in [4.69, 9.17) is 9.47 Å². The molecule has 246 valence electrons. The summed E-state index contributed by atoms with van der Waals surface area (Å²) in [4.78, 5) is 28.7. The van der Waals surface area contributed by atoms with Crippen molar-refractivity contribution >= 4 is 34.4 Å². The number of hydrogen-bond donors (Lipinski definition) is 4. The molecule has 4 N–H and O–H groups in total. The van der Waals surface area contributed by atoms with Crippen LogP contribution in [0.2, 0.25) is 0 Å². The number of carbonyl (C=O) groups is 2. The topological polar surface area (TPSA) is 129 Å². The highest BCUT2D eigenvalue weighted by atomic mass is 127. The van der Waals surface area contributed by atoms with Crippen LogP contribution < -0.4 is 14.8 Å². The van der Waals surface area contributed by atoms with Gasteiger partial charge in [0.05, 0.1) is 35.5 Å². The van der Waals surface area contributed by atoms with Crippen molar-refractivity contribution < 1.29 is 47.6 Å². The number of nitrogens with zero attached hydrogens (tertiary/aromatic N) is 1. The third-order valence-corrected chi connectivity index (χ3v) is 9.04. The molecule has 2 amide bonds. The molecule has 45 heavy (non-hydrogen) atoms. The molecule has 3 unspecified atom stereocenters. The fourth-order valence-electron chi connectivity index (χ4n) is 5.88. The molecule has 9 nitrogen and oxygen atoms in total. The smallest absolute Gasteiger partial charge is 0.416 e. The summed E-state index contributed by atoms with van der Waals surface area (Å²) in [5.74, 6) is -0.410. The average molecular weight is 747 g/mol. The molecule has 0 heterocycles. The normalized spacial score (nSPS) is 20.7. The number of aliphatic hydroxyl groups excluding tert-OH is 3. The molecule has 0 saturated heterocycles. The molecule has 3 atom stereocenters. The Morgan fingerprint density at radius 2 is 1.78 bits per heavy atom. The first-order valence-electron chi connectivity index (χ1n) is 14.9. The molecule has 0 bridgehead atoms. The zero-order valence-corrected chi connectivity index (χ0v) is 27.0. The molecule has 0 aromatic heterocycles. The highest BCUT2D eigenvalue weighted by molar-refractivity contribution is 14.1. The summed E-state index contributed by atoms with van der Waals surface area (Å²) in [5.41, 5.74) is -0.0599. The quantitative estimate of drug-likeness (QED) is 0.251. The largest absolute Gasteiger partial charge is 0.493 e. The van der Waals surface area contributed by atoms with Crippen molar-refractivity contribution in [2.45, 2.75) is 69.6 Å². The van der Waals surface area contributed by atoms with Gasteiger partial charge in [0.15, 0.2) is 11.5 Å². The van der Waals surface area contributed by atoms with Crippen molar-refractivity contribution in [3.8, 4) is 11.5 Å². The second-order valence-corrected chi connectivity index (χ2v) is 12.5. The highest BCUT2D eigenvalue weighted by Gasteiger charge is 2.42. The van der Waals surface area contributed by atoms with E-state index in [1.807, 2.05) is 22.6 Å². The van der Waals surface area contributed by atoms with E-state index >= 15 is 0 Å². The first-order chi connectivity index (χ1) is 21.5. The van der Waals surface area contributed by atoms with Crippen LogP contribution in [0.5, 0.6) is 11.5 Å². The number of carbonyl (C=O) groups excluding carboxylic acids is 2. The van der Waals surface area contributed by atoms with E-state index in [0.29, 0.717) is 14.9 Å². The molecule has 13 heteroatoms. The molecule has 0 radical (unpaired) electrons. The van der Waals surface area contributed by atoms with Crippen LogP contribution in [0.25, 0.3) is 0 Å². The number of rotatable bonds is 11. The molecule has 0 spiro atoms. The maximum absolute atomic E-state index is 14.1. The molecule has 2 aromatic carbocycles. The van der Waals surface area contributed by atoms with Crippen molar-refractivity contribution in [3.63, 3.8) is 0 Å². The summed E-state index contributed by atoms with van der Waals surface area (Å²) in [6, 6.07) is 6.28. The van der Waals surface area contributed by atoms with Crippen LogP contribution in [0, 0.1) is 9.49 Å². The van der Waals surface area contributed by atoms with Crippen LogP contribution in [-0.4, -0.2) is 77.1 Å². The lowest BCUT2D eigenvalue weighted by Gasteiger charge is -2.42. The van der Waals surface area contributed by atoms with E-state index < -0.39 is 41.8 Å². The minimum atomic E-state index is -4.57. The minimum absolute atomic E-state index is 0.0144. The van der Waals surface area contributed by atoms with Gasteiger partial charge in [-0.05, 0) is 89.4 Å². The Kier molecular flexibility index (Phi) is 12.1. The predicted molar refractivity (Wildman–Crippen MR) is 168 cm³/mol. The number of benzene rings is 2. The van der Waals surface area contributed by atoms with Gasteiger partial charge in [-0.3, -0.25) is 9.59 Å². The SMILES string of the molecule is COc1cc(CO)cc(I)c1OC1C=C(C(=O)NCCO)CC(N(CC2CCCCC2)C(=O)c2ccc(C(F)(F)F)cc2)C1O. The van der Waals surface area contributed by atoms with Crippen LogP contribution in [0.3, 0.4) is 0 Å². The van der Waals surface area contributed by atoms with E-state index in [2.05, 4.69) is 5.32 Å². The van der Waals surface area contributed by atoms with Crippen LogP contribution in [0.15, 0.2) is 48.0 Å². The van der Waals surface area contributed by atoms with E-state index in [1.54, 1.807) is 12.1 Å². The van der Waals surface area contributed by atoms with Gasteiger partial charge in [-0.25, -0.2) is 0 Å². The number of amides is 2. The second kappa shape index (κ2) is 15.6. The van der Waals surface area contributed by atoms with Crippen molar-refractivity contribution in [1.82, 2.24) is 10.2 Å². The lowest BCUT2D eigenvalue weighted by atomic mass is 9.85. The van der Waals surface area contributed by atoms with Crippen LogP contribution in [0.4, 0.5) is 13.2 Å². The third-order valence-electron chi connectivity index (χ3n) is 8.24. The van der Waals surface area contributed by atoms with Crippen molar-refractivity contribution in [2.24, 2.45) is 5.92 Å². The number of halogens is 4. The number of nitrogens with one attached hydrogen (secondary N) is 1. The monoisotopic (exact) mass is 746 g/mol. The molecule has 0 aliphatic heterocycles. The molecule has 1 saturated carbocycles. The third kappa shape index (κ3) is 8.69. The summed E-state index contributed by atoms with van der Waals surface area (Å²) < 4.78 is 52.1. The first kappa shape index (κ1) is 35.0. The number of methoxy groups -OCH3 is 1. The number of hydrogen-bond acceptors (Lipinski definition) is 7. The molecular formula is C32H38F3IN2O7. The van der Waals surface area contributed by atoms with Crippen molar-refractivity contribution in [1.29, 1.82) is 0 Å². The minimum Gasteiger partial charge on any atom is -0.493 e. The molecule has 4 rings (SSSR count). The van der Waals surface area contributed by atoms with Crippen LogP contribution in [-0.2, 0) is 17.6 Å². The fraction of sp³-hybridized carbons (Fsp3) is 0.500. The zero-order chi connectivity index (χ0) is 32.7. The summed E-state index contributed by atoms with van der Waals surface area (Å²) in [6.07, 6.45) is -0.875. The highest BCUT2D eigenvalue weighted by Crippen LogP contribution is 2.38. The molecular weight excluding hydrogens is 708 g/mol. The van der Waals surface area contributed by atoms with Crippen molar-refractivity contribution in [3.05, 3.63) is 68.3 Å². The van der Waals surface area contributed by atoms with Gasteiger partial charge in [0, 0.05) is 30.6 Å². The maximum atomic E-state index is 14.1. The Morgan fingerprint density at radius 3 is 2.38 bits per heavy atom. The van der Waals surface area contributed by atoms with Gasteiger partial charge in [0.1, 0.15) is 12.2 Å². The van der Waals surface area contributed by atoms with Crippen LogP contribution >= 0.6 is 22.6 Å². The Labute approximate surface area is 273 Å². The Bertz CT molecular complexity index is 1360. The average Bonchev–Trinajstić information content (AvgIpc) is 3.04. The van der Waals surface area contributed by atoms with Gasteiger partial charge in [0.25, 0.3) is 5.91 Å². The van der Waals surface area contributed by atoms with Gasteiger partial charge in [-0.2, -0.15) is 13.2 Å². The maximum Gasteiger partial charge on any atom is 0.416 e. The number of ether oxygens (including phenoxy) is 2. The van der Waals surface area contributed by atoms with Crippen LogP contribution in [0.1, 0.15) is 60.0 Å². The lowest BCUT2D eigenvalue weighted by molar-refractivity contribution is -0.137. The lowest BCUT2D eigenvalue weighted by Crippen LogP contribution is -2.56. The Morgan fingerprint density at radius 1 is 1.09 bits per heavy atom. The first-order valence-corrected chi connectivity index (χ1v) is 15.9. The van der Waals surface area contributed by atoms with E-state index in [0.717, 1.165) is 56.4 Å². The Hall–Kier alpha value is -2.88. The van der Waals surface area contributed by atoms with E-state index in [1.165, 1.54) is 18.1 Å². The summed E-state index contributed by atoms with van der Waals surface area (Å²) in [6.45, 7) is -0.304. The van der Waals surface area contributed by atoms with E-state index in [-0.39, 0.29) is 55.5 Å². The standard InChI is InChI=1S/C32H38F3IN2O7/c1-44-27-14-20(18-40)13-24(36)29(27)45-26-16-22(30(42)37-11-12-39)15-25(28(26)41)38(17-19-5-3-2-4-6-19)31(43)21-7-9-23(10-8-21)32(33,34)35/h7-10,13-14,16,19,25-26,28,39-41H,2-6,11-12,15,17-18H2,1H3,(H,37,42). The molecule has 2 aromatic rings. The van der Waals surface area contributed by atoms with Gasteiger partial charge >= 0.3 is 6.18 Å². The van der Waals surface area contributed by atoms with Gasteiger partial charge in [0.2, 0.25) is 5.91 Å². The molecule has 2 aliphatic carbocycles. The molecule has 2 aliphatic rings. The van der Waals surface area contributed by atoms with Crippen molar-refractivity contribution in [2.75, 3.05) is 26.8 Å².